The SMILES string of the molecule is C=N/C(C)=C(OCC(=O)N/N=C/c1cccc2[nH]ccc12)\C(C)=C/C. The number of hydrogen-bond donors (Lipinski definition) is 2. The molecule has 0 aliphatic carbocycles. The van der Waals surface area contributed by atoms with Gasteiger partial charge in [-0.1, -0.05) is 18.2 Å². The van der Waals surface area contributed by atoms with Gasteiger partial charge in [-0.15, -0.1) is 0 Å². The Bertz CT molecular complexity index is 859. The fraction of sp³-hybridized carbons (Fsp3) is 0.211. The number of aromatic nitrogens is 1. The normalized spacial score (nSPS) is 13.0. The van der Waals surface area contributed by atoms with E-state index in [2.05, 4.69) is 27.2 Å². The minimum atomic E-state index is -0.351. The van der Waals surface area contributed by atoms with Gasteiger partial charge < -0.3 is 9.72 Å². The molecule has 0 aliphatic rings. The van der Waals surface area contributed by atoms with Gasteiger partial charge in [0.15, 0.2) is 6.61 Å². The second-order valence-corrected chi connectivity index (χ2v) is 5.41. The highest BCUT2D eigenvalue weighted by atomic mass is 16.5. The summed E-state index contributed by atoms with van der Waals surface area (Å²) < 4.78 is 5.56. The quantitative estimate of drug-likeness (QED) is 0.350. The van der Waals surface area contributed by atoms with Crippen LogP contribution in [-0.2, 0) is 9.53 Å². The van der Waals surface area contributed by atoms with Gasteiger partial charge in [0.05, 0.1) is 11.9 Å². The van der Waals surface area contributed by atoms with Crippen molar-refractivity contribution in [3.05, 3.63) is 59.1 Å². The molecular weight excluding hydrogens is 316 g/mol. The summed E-state index contributed by atoms with van der Waals surface area (Å²) in [5.41, 5.74) is 5.91. The number of allylic oxidation sites excluding steroid dienone is 3. The molecule has 6 nitrogen and oxygen atoms in total. The predicted molar refractivity (Wildman–Crippen MR) is 102 cm³/mol. The van der Waals surface area contributed by atoms with Gasteiger partial charge in [0, 0.05) is 22.7 Å². The number of nitrogens with zero attached hydrogens (tertiary/aromatic N) is 2. The molecule has 1 heterocycles. The number of benzene rings is 1. The summed E-state index contributed by atoms with van der Waals surface area (Å²) >= 11 is 0. The van der Waals surface area contributed by atoms with Crippen LogP contribution in [0.5, 0.6) is 0 Å². The molecule has 2 N–H and O–H groups in total. The number of aliphatic imine (C=N–C) groups is 1. The van der Waals surface area contributed by atoms with Crippen molar-refractivity contribution in [3.8, 4) is 0 Å². The van der Waals surface area contributed by atoms with Crippen molar-refractivity contribution >= 4 is 29.7 Å². The number of hydrazone groups is 1. The topological polar surface area (TPSA) is 78.8 Å². The molecule has 0 saturated heterocycles. The van der Waals surface area contributed by atoms with Crippen molar-refractivity contribution in [1.82, 2.24) is 10.4 Å². The first-order chi connectivity index (χ1) is 12.1. The summed E-state index contributed by atoms with van der Waals surface area (Å²) in [6, 6.07) is 7.79. The lowest BCUT2D eigenvalue weighted by Crippen LogP contribution is -2.23. The maximum atomic E-state index is 11.9. The molecule has 0 atom stereocenters. The fourth-order valence-electron chi connectivity index (χ4n) is 2.27. The minimum absolute atomic E-state index is 0.154. The average Bonchev–Trinajstić information content (AvgIpc) is 3.10. The Morgan fingerprint density at radius 2 is 2.16 bits per heavy atom. The molecule has 0 bridgehead atoms. The van der Waals surface area contributed by atoms with Crippen molar-refractivity contribution in [2.75, 3.05) is 6.61 Å². The van der Waals surface area contributed by atoms with E-state index in [9.17, 15) is 4.79 Å². The minimum Gasteiger partial charge on any atom is -0.482 e. The van der Waals surface area contributed by atoms with E-state index in [4.69, 9.17) is 4.74 Å². The highest BCUT2D eigenvalue weighted by Crippen LogP contribution is 2.17. The van der Waals surface area contributed by atoms with Crippen molar-refractivity contribution in [2.24, 2.45) is 10.1 Å². The molecule has 25 heavy (non-hydrogen) atoms. The molecule has 1 aromatic heterocycles. The third-order valence-electron chi connectivity index (χ3n) is 3.73. The Morgan fingerprint density at radius 1 is 1.36 bits per heavy atom. The monoisotopic (exact) mass is 338 g/mol. The first-order valence-electron chi connectivity index (χ1n) is 7.88. The number of ether oxygens (including phenoxy) is 1. The van der Waals surface area contributed by atoms with Gasteiger partial charge in [-0.2, -0.15) is 5.10 Å². The van der Waals surface area contributed by atoms with E-state index in [1.165, 1.54) is 0 Å². The van der Waals surface area contributed by atoms with E-state index < -0.39 is 0 Å². The van der Waals surface area contributed by atoms with Gasteiger partial charge in [0.2, 0.25) is 0 Å². The number of fused-ring (bicyclic) bond motifs is 1. The summed E-state index contributed by atoms with van der Waals surface area (Å²) in [6.07, 6.45) is 5.36. The second kappa shape index (κ2) is 8.63. The maximum Gasteiger partial charge on any atom is 0.277 e. The van der Waals surface area contributed by atoms with E-state index >= 15 is 0 Å². The number of amides is 1. The van der Waals surface area contributed by atoms with Crippen molar-refractivity contribution in [2.45, 2.75) is 20.8 Å². The number of H-pyrrole nitrogens is 1. The molecule has 1 amide bonds. The Balaban J connectivity index is 1.96. The van der Waals surface area contributed by atoms with Gasteiger partial charge in [-0.05, 0) is 45.2 Å². The molecule has 0 saturated carbocycles. The van der Waals surface area contributed by atoms with Crippen molar-refractivity contribution in [1.29, 1.82) is 0 Å². The zero-order chi connectivity index (χ0) is 18.2. The van der Waals surface area contributed by atoms with E-state index in [1.54, 1.807) is 13.1 Å². The highest BCUT2D eigenvalue weighted by molar-refractivity contribution is 5.98. The molecule has 0 fully saturated rings. The molecule has 0 spiro atoms. The van der Waals surface area contributed by atoms with Crippen molar-refractivity contribution < 1.29 is 9.53 Å². The van der Waals surface area contributed by atoms with Crippen molar-refractivity contribution in [3.63, 3.8) is 0 Å². The van der Waals surface area contributed by atoms with Crippen LogP contribution in [0.15, 0.2) is 63.7 Å². The lowest BCUT2D eigenvalue weighted by Gasteiger charge is -2.11. The van der Waals surface area contributed by atoms with Crippen LogP contribution in [0.3, 0.4) is 0 Å². The van der Waals surface area contributed by atoms with Crippen LogP contribution in [0, 0.1) is 0 Å². The fourth-order valence-corrected chi connectivity index (χ4v) is 2.27. The number of aromatic amines is 1. The largest absolute Gasteiger partial charge is 0.482 e. The van der Waals surface area contributed by atoms with Gasteiger partial charge in [-0.25, -0.2) is 5.43 Å². The van der Waals surface area contributed by atoms with Gasteiger partial charge in [0.1, 0.15) is 5.76 Å². The summed E-state index contributed by atoms with van der Waals surface area (Å²) in [5, 5.41) is 5.03. The van der Waals surface area contributed by atoms with Crippen LogP contribution in [-0.4, -0.2) is 30.4 Å². The van der Waals surface area contributed by atoms with Crippen LogP contribution in [0.4, 0.5) is 0 Å². The van der Waals surface area contributed by atoms with Gasteiger partial charge >= 0.3 is 0 Å². The van der Waals surface area contributed by atoms with Crippen LogP contribution in [0.2, 0.25) is 0 Å². The number of rotatable bonds is 7. The van der Waals surface area contributed by atoms with Gasteiger partial charge in [0.25, 0.3) is 5.91 Å². The molecule has 6 heteroatoms. The Labute approximate surface area is 147 Å². The molecule has 0 aliphatic heterocycles. The van der Waals surface area contributed by atoms with E-state index in [-0.39, 0.29) is 12.5 Å². The summed E-state index contributed by atoms with van der Waals surface area (Å²) in [7, 11) is 0. The summed E-state index contributed by atoms with van der Waals surface area (Å²) in [6.45, 7) is 8.89. The molecule has 0 unspecified atom stereocenters. The zero-order valence-electron chi connectivity index (χ0n) is 14.7. The van der Waals surface area contributed by atoms with E-state index in [0.717, 1.165) is 22.0 Å². The molecule has 0 radical (unpaired) electrons. The third-order valence-corrected chi connectivity index (χ3v) is 3.73. The number of hydrogen-bond acceptors (Lipinski definition) is 4. The van der Waals surface area contributed by atoms with E-state index in [0.29, 0.717) is 11.5 Å². The molecule has 1 aromatic carbocycles. The Hall–Kier alpha value is -3.15. The van der Waals surface area contributed by atoms with E-state index in [1.807, 2.05) is 50.4 Å². The molecule has 130 valence electrons. The number of carbonyl (C=O) groups is 1. The second-order valence-electron chi connectivity index (χ2n) is 5.41. The Kier molecular flexibility index (Phi) is 6.28. The number of carbonyl (C=O) groups excluding carboxylic acids is 1. The third kappa shape index (κ3) is 4.67. The lowest BCUT2D eigenvalue weighted by atomic mass is 10.1. The molecule has 2 aromatic rings. The first kappa shape index (κ1) is 18.2. The zero-order valence-corrected chi connectivity index (χ0v) is 14.7. The lowest BCUT2D eigenvalue weighted by molar-refractivity contribution is -0.124. The predicted octanol–water partition coefficient (Wildman–Crippen LogP) is 3.53. The van der Waals surface area contributed by atoms with Crippen LogP contribution in [0.25, 0.3) is 10.9 Å². The van der Waals surface area contributed by atoms with Crippen LogP contribution >= 0.6 is 0 Å². The smallest absolute Gasteiger partial charge is 0.277 e. The Morgan fingerprint density at radius 3 is 2.88 bits per heavy atom. The summed E-state index contributed by atoms with van der Waals surface area (Å²) in [4.78, 5) is 18.9. The molecular formula is C19H22N4O2. The average molecular weight is 338 g/mol. The number of nitrogens with one attached hydrogen (secondary N) is 2. The molecule has 2 rings (SSSR count). The van der Waals surface area contributed by atoms with Gasteiger partial charge in [-0.3, -0.25) is 9.79 Å². The highest BCUT2D eigenvalue weighted by Gasteiger charge is 2.08. The standard InChI is InChI=1S/C19H22N4O2/c1-5-13(2)19(14(3)20-4)25-12-18(24)23-22-11-15-7-6-8-17-16(15)9-10-21-17/h5-11,21H,4,12H2,1-3H3,(H,23,24)/b13-5-,19-14+,22-11+. The maximum absolute atomic E-state index is 11.9. The van der Waals surface area contributed by atoms with Crippen LogP contribution in [0.1, 0.15) is 26.3 Å². The van der Waals surface area contributed by atoms with Crippen LogP contribution < -0.4 is 5.43 Å². The first-order valence-corrected chi connectivity index (χ1v) is 7.88. The summed E-state index contributed by atoms with van der Waals surface area (Å²) in [5.74, 6) is 0.199.